The van der Waals surface area contributed by atoms with Crippen LogP contribution < -0.4 is 5.32 Å². The van der Waals surface area contributed by atoms with E-state index in [-0.39, 0.29) is 0 Å². The maximum atomic E-state index is 8.84. The second-order valence-electron chi connectivity index (χ2n) is 5.09. The lowest BCUT2D eigenvalue weighted by Gasteiger charge is -2.31. The summed E-state index contributed by atoms with van der Waals surface area (Å²) in [4.78, 5) is 0. The molecule has 1 saturated carbocycles. The van der Waals surface area contributed by atoms with Crippen LogP contribution in [-0.2, 0) is 0 Å². The molecule has 0 aromatic rings. The molecule has 1 atom stereocenters. The molecule has 2 N–H and O–H groups in total. The zero-order valence-corrected chi connectivity index (χ0v) is 10.3. The lowest BCUT2D eigenvalue weighted by Crippen LogP contribution is -2.39. The summed E-state index contributed by atoms with van der Waals surface area (Å²) >= 11 is 0. The smallest absolute Gasteiger partial charge is 0.0445 e. The van der Waals surface area contributed by atoms with E-state index in [0.29, 0.717) is 18.7 Å². The number of hydrogen-bond acceptors (Lipinski definition) is 2. The van der Waals surface area contributed by atoms with Gasteiger partial charge in [0.05, 0.1) is 0 Å². The van der Waals surface area contributed by atoms with Crippen molar-refractivity contribution in [2.24, 2.45) is 5.92 Å². The Morgan fingerprint density at radius 3 is 2.47 bits per heavy atom. The fourth-order valence-corrected chi connectivity index (χ4v) is 2.71. The molecule has 0 aliphatic heterocycles. The summed E-state index contributed by atoms with van der Waals surface area (Å²) in [6, 6.07) is 1.18. The van der Waals surface area contributed by atoms with Gasteiger partial charge in [-0.05, 0) is 44.9 Å². The minimum Gasteiger partial charge on any atom is -0.396 e. The van der Waals surface area contributed by atoms with Gasteiger partial charge >= 0.3 is 0 Å². The Hall–Kier alpha value is -0.0800. The molecule has 0 aromatic carbocycles. The van der Waals surface area contributed by atoms with Crippen LogP contribution in [0.2, 0.25) is 0 Å². The van der Waals surface area contributed by atoms with Gasteiger partial charge in [-0.3, -0.25) is 0 Å². The summed E-state index contributed by atoms with van der Waals surface area (Å²) in [5.41, 5.74) is 0. The van der Waals surface area contributed by atoms with Crippen molar-refractivity contribution in [3.05, 3.63) is 0 Å². The van der Waals surface area contributed by atoms with Gasteiger partial charge in [0, 0.05) is 18.7 Å². The van der Waals surface area contributed by atoms with E-state index in [9.17, 15) is 0 Å². The topological polar surface area (TPSA) is 32.3 Å². The fraction of sp³-hybridized carbons (Fsp3) is 1.00. The van der Waals surface area contributed by atoms with E-state index in [1.807, 2.05) is 0 Å². The summed E-state index contributed by atoms with van der Waals surface area (Å²) in [5, 5.41) is 12.5. The van der Waals surface area contributed by atoms with Crippen molar-refractivity contribution in [3.8, 4) is 0 Å². The van der Waals surface area contributed by atoms with Crippen molar-refractivity contribution >= 4 is 0 Å². The molecule has 90 valence electrons. The molecule has 1 aliphatic carbocycles. The SMILES string of the molecule is CCCC1CCC(NC(C)CCO)CC1. The van der Waals surface area contributed by atoms with Gasteiger partial charge in [0.25, 0.3) is 0 Å². The highest BCUT2D eigenvalue weighted by Crippen LogP contribution is 2.27. The van der Waals surface area contributed by atoms with E-state index < -0.39 is 0 Å². The first-order valence-electron chi connectivity index (χ1n) is 6.63. The van der Waals surface area contributed by atoms with Gasteiger partial charge < -0.3 is 10.4 Å². The normalized spacial score (nSPS) is 29.0. The highest BCUT2D eigenvalue weighted by Gasteiger charge is 2.21. The van der Waals surface area contributed by atoms with Crippen molar-refractivity contribution in [1.29, 1.82) is 0 Å². The van der Waals surface area contributed by atoms with Crippen LogP contribution in [0, 0.1) is 5.92 Å². The Labute approximate surface area is 94.5 Å². The molecule has 0 aromatic heterocycles. The molecule has 0 saturated heterocycles. The predicted octanol–water partition coefficient (Wildman–Crippen LogP) is 2.71. The minimum absolute atomic E-state index is 0.305. The van der Waals surface area contributed by atoms with Gasteiger partial charge in [0.2, 0.25) is 0 Å². The first-order chi connectivity index (χ1) is 7.26. The molecular formula is C13H27NO. The van der Waals surface area contributed by atoms with Crippen LogP contribution in [0.5, 0.6) is 0 Å². The van der Waals surface area contributed by atoms with Crippen molar-refractivity contribution in [2.75, 3.05) is 6.61 Å². The van der Waals surface area contributed by atoms with Gasteiger partial charge in [0.1, 0.15) is 0 Å². The van der Waals surface area contributed by atoms with Crippen LogP contribution in [-0.4, -0.2) is 23.8 Å². The van der Waals surface area contributed by atoms with Gasteiger partial charge in [-0.15, -0.1) is 0 Å². The molecule has 0 radical (unpaired) electrons. The van der Waals surface area contributed by atoms with Crippen LogP contribution >= 0.6 is 0 Å². The van der Waals surface area contributed by atoms with E-state index >= 15 is 0 Å². The lowest BCUT2D eigenvalue weighted by atomic mass is 9.83. The van der Waals surface area contributed by atoms with Crippen LogP contribution in [0.25, 0.3) is 0 Å². The van der Waals surface area contributed by atoms with E-state index in [2.05, 4.69) is 19.2 Å². The molecule has 0 bridgehead atoms. The lowest BCUT2D eigenvalue weighted by molar-refractivity contribution is 0.235. The third kappa shape index (κ3) is 4.98. The molecule has 0 amide bonds. The monoisotopic (exact) mass is 213 g/mol. The summed E-state index contributed by atoms with van der Waals surface area (Å²) in [6.45, 7) is 4.77. The molecule has 0 spiro atoms. The van der Waals surface area contributed by atoms with Gasteiger partial charge in [-0.1, -0.05) is 19.8 Å². The molecule has 1 aliphatic rings. The Morgan fingerprint density at radius 2 is 1.93 bits per heavy atom. The summed E-state index contributed by atoms with van der Waals surface area (Å²) in [6.07, 6.45) is 9.10. The molecule has 1 fully saturated rings. The maximum absolute atomic E-state index is 8.84. The Morgan fingerprint density at radius 1 is 1.27 bits per heavy atom. The second-order valence-corrected chi connectivity index (χ2v) is 5.09. The Balaban J connectivity index is 2.14. The third-order valence-corrected chi connectivity index (χ3v) is 3.63. The average molecular weight is 213 g/mol. The zero-order chi connectivity index (χ0) is 11.1. The molecule has 1 rings (SSSR count). The number of rotatable bonds is 6. The van der Waals surface area contributed by atoms with Crippen LogP contribution in [0.4, 0.5) is 0 Å². The van der Waals surface area contributed by atoms with Crippen molar-refractivity contribution in [1.82, 2.24) is 5.32 Å². The van der Waals surface area contributed by atoms with E-state index in [1.165, 1.54) is 38.5 Å². The first kappa shape index (κ1) is 13.0. The quantitative estimate of drug-likeness (QED) is 0.711. The molecule has 0 heterocycles. The van der Waals surface area contributed by atoms with E-state index in [0.717, 1.165) is 12.3 Å². The van der Waals surface area contributed by atoms with Crippen molar-refractivity contribution in [3.63, 3.8) is 0 Å². The number of nitrogens with one attached hydrogen (secondary N) is 1. The Bertz CT molecular complexity index is 153. The molecule has 15 heavy (non-hydrogen) atoms. The van der Waals surface area contributed by atoms with Crippen molar-refractivity contribution < 1.29 is 5.11 Å². The molecule has 2 heteroatoms. The van der Waals surface area contributed by atoms with Gasteiger partial charge in [-0.25, -0.2) is 0 Å². The first-order valence-corrected chi connectivity index (χ1v) is 6.63. The fourth-order valence-electron chi connectivity index (χ4n) is 2.71. The highest BCUT2D eigenvalue weighted by molar-refractivity contribution is 4.79. The minimum atomic E-state index is 0.305. The van der Waals surface area contributed by atoms with Gasteiger partial charge in [-0.2, -0.15) is 0 Å². The number of aliphatic hydroxyl groups is 1. The number of aliphatic hydroxyl groups excluding tert-OH is 1. The zero-order valence-electron chi connectivity index (χ0n) is 10.3. The van der Waals surface area contributed by atoms with Gasteiger partial charge in [0.15, 0.2) is 0 Å². The highest BCUT2D eigenvalue weighted by atomic mass is 16.3. The largest absolute Gasteiger partial charge is 0.396 e. The van der Waals surface area contributed by atoms with E-state index in [1.54, 1.807) is 0 Å². The summed E-state index contributed by atoms with van der Waals surface area (Å²) in [7, 11) is 0. The summed E-state index contributed by atoms with van der Waals surface area (Å²) in [5.74, 6) is 0.987. The summed E-state index contributed by atoms with van der Waals surface area (Å²) < 4.78 is 0. The molecular weight excluding hydrogens is 186 g/mol. The number of hydrogen-bond donors (Lipinski definition) is 2. The molecule has 1 unspecified atom stereocenters. The predicted molar refractivity (Wildman–Crippen MR) is 65.0 cm³/mol. The third-order valence-electron chi connectivity index (χ3n) is 3.63. The van der Waals surface area contributed by atoms with E-state index in [4.69, 9.17) is 5.11 Å². The molecule has 2 nitrogen and oxygen atoms in total. The Kier molecular flexibility index (Phi) is 6.26. The second kappa shape index (κ2) is 7.24. The van der Waals surface area contributed by atoms with Crippen LogP contribution in [0.15, 0.2) is 0 Å². The average Bonchev–Trinajstić information content (AvgIpc) is 2.22. The van der Waals surface area contributed by atoms with Crippen LogP contribution in [0.1, 0.15) is 58.8 Å². The maximum Gasteiger partial charge on any atom is 0.0445 e. The standard InChI is InChI=1S/C13H27NO/c1-3-4-12-5-7-13(8-6-12)14-11(2)9-10-15/h11-15H,3-10H2,1-2H3. The van der Waals surface area contributed by atoms with Crippen LogP contribution in [0.3, 0.4) is 0 Å². The van der Waals surface area contributed by atoms with Crippen molar-refractivity contribution in [2.45, 2.75) is 70.9 Å².